The quantitative estimate of drug-likeness (QED) is 0.827. The summed E-state index contributed by atoms with van der Waals surface area (Å²) in [6.45, 7) is 2.46. The summed E-state index contributed by atoms with van der Waals surface area (Å²) in [6.07, 6.45) is 1.82. The van der Waals surface area contributed by atoms with Crippen LogP contribution in [-0.4, -0.2) is 32.5 Å². The molecule has 0 saturated carbocycles. The highest BCUT2D eigenvalue weighted by Crippen LogP contribution is 2.31. The Morgan fingerprint density at radius 2 is 2.50 bits per heavy atom. The average Bonchev–Trinajstić information content (AvgIpc) is 3.09. The molecule has 0 spiro atoms. The number of amides is 1. The maximum absolute atomic E-state index is 12.3. The second-order valence-corrected chi connectivity index (χ2v) is 4.92. The van der Waals surface area contributed by atoms with E-state index in [2.05, 4.69) is 15.1 Å². The second kappa shape index (κ2) is 4.49. The van der Waals surface area contributed by atoms with Gasteiger partial charge < -0.3 is 9.42 Å². The minimum atomic E-state index is -0.0864. The van der Waals surface area contributed by atoms with Crippen molar-refractivity contribution in [2.75, 3.05) is 6.54 Å². The largest absolute Gasteiger partial charge is 0.340 e. The molecule has 1 fully saturated rings. The van der Waals surface area contributed by atoms with Gasteiger partial charge in [0.1, 0.15) is 5.69 Å². The molecule has 2 aromatic rings. The maximum atomic E-state index is 12.3. The zero-order valence-corrected chi connectivity index (χ0v) is 10.7. The molecule has 1 amide bonds. The van der Waals surface area contributed by atoms with Crippen LogP contribution in [0.25, 0.3) is 0 Å². The molecule has 2 aromatic heterocycles. The van der Waals surface area contributed by atoms with Gasteiger partial charge in [0.15, 0.2) is 5.82 Å². The van der Waals surface area contributed by atoms with E-state index >= 15 is 0 Å². The third-order valence-corrected chi connectivity index (χ3v) is 3.59. The summed E-state index contributed by atoms with van der Waals surface area (Å²) in [6, 6.07) is -0.0864. The highest BCUT2D eigenvalue weighted by Gasteiger charge is 2.34. The van der Waals surface area contributed by atoms with Crippen LogP contribution in [0.1, 0.15) is 41.1 Å². The van der Waals surface area contributed by atoms with Crippen molar-refractivity contribution in [3.63, 3.8) is 0 Å². The van der Waals surface area contributed by atoms with Gasteiger partial charge in [0, 0.05) is 18.8 Å². The molecular formula is C11H12N4O2S. The first-order chi connectivity index (χ1) is 8.75. The van der Waals surface area contributed by atoms with E-state index < -0.39 is 0 Å². The van der Waals surface area contributed by atoms with Crippen molar-refractivity contribution in [3.05, 3.63) is 28.3 Å². The molecule has 0 N–H and O–H groups in total. The molecule has 3 rings (SSSR count). The van der Waals surface area contributed by atoms with Crippen LogP contribution in [0.3, 0.4) is 0 Å². The van der Waals surface area contributed by atoms with Crippen molar-refractivity contribution >= 4 is 17.2 Å². The Labute approximate surface area is 108 Å². The number of carbonyl (C=O) groups excluding carboxylic acids is 1. The summed E-state index contributed by atoms with van der Waals surface area (Å²) in [5, 5.41) is 5.68. The summed E-state index contributed by atoms with van der Waals surface area (Å²) < 4.78 is 4.98. The van der Waals surface area contributed by atoms with Crippen LogP contribution in [-0.2, 0) is 0 Å². The van der Waals surface area contributed by atoms with Crippen molar-refractivity contribution in [3.8, 4) is 0 Å². The molecule has 0 bridgehead atoms. The first-order valence-electron chi connectivity index (χ1n) is 5.75. The smallest absolute Gasteiger partial charge is 0.273 e. The second-order valence-electron chi connectivity index (χ2n) is 4.20. The molecule has 1 aliphatic rings. The third kappa shape index (κ3) is 1.90. The van der Waals surface area contributed by atoms with Crippen molar-refractivity contribution < 1.29 is 9.32 Å². The SMILES string of the molecule is Cc1nc(C2CCCN2C(=O)c2cscn2)no1. The van der Waals surface area contributed by atoms with Gasteiger partial charge in [0.05, 0.1) is 11.6 Å². The van der Waals surface area contributed by atoms with E-state index in [1.165, 1.54) is 11.3 Å². The number of carbonyl (C=O) groups is 1. The topological polar surface area (TPSA) is 72.1 Å². The number of hydrogen-bond donors (Lipinski definition) is 0. The molecule has 6 nitrogen and oxygen atoms in total. The first-order valence-corrected chi connectivity index (χ1v) is 6.69. The summed E-state index contributed by atoms with van der Waals surface area (Å²) in [4.78, 5) is 22.3. The minimum Gasteiger partial charge on any atom is -0.340 e. The van der Waals surface area contributed by atoms with E-state index in [1.54, 1.807) is 22.7 Å². The predicted octanol–water partition coefficient (Wildman–Crippen LogP) is 1.81. The van der Waals surface area contributed by atoms with Crippen molar-refractivity contribution in [1.82, 2.24) is 20.0 Å². The van der Waals surface area contributed by atoms with Gasteiger partial charge in [-0.3, -0.25) is 4.79 Å². The van der Waals surface area contributed by atoms with Gasteiger partial charge in [-0.15, -0.1) is 11.3 Å². The predicted molar refractivity (Wildman–Crippen MR) is 64.2 cm³/mol. The van der Waals surface area contributed by atoms with Gasteiger partial charge in [-0.25, -0.2) is 4.98 Å². The number of nitrogens with zero attached hydrogens (tertiary/aromatic N) is 4. The highest BCUT2D eigenvalue weighted by atomic mass is 32.1. The molecule has 1 aliphatic heterocycles. The number of hydrogen-bond acceptors (Lipinski definition) is 6. The van der Waals surface area contributed by atoms with Gasteiger partial charge in [0.2, 0.25) is 5.89 Å². The summed E-state index contributed by atoms with van der Waals surface area (Å²) >= 11 is 1.42. The van der Waals surface area contributed by atoms with Crippen molar-refractivity contribution in [2.45, 2.75) is 25.8 Å². The molecule has 1 atom stereocenters. The lowest BCUT2D eigenvalue weighted by atomic mass is 10.2. The minimum absolute atomic E-state index is 0.0544. The number of thiazole rings is 1. The van der Waals surface area contributed by atoms with Gasteiger partial charge in [0.25, 0.3) is 5.91 Å². The lowest BCUT2D eigenvalue weighted by Crippen LogP contribution is -2.31. The average molecular weight is 264 g/mol. The summed E-state index contributed by atoms with van der Waals surface area (Å²) in [5.74, 6) is 1.06. The van der Waals surface area contributed by atoms with Gasteiger partial charge in [-0.05, 0) is 12.8 Å². The molecular weight excluding hydrogens is 252 g/mol. The fraction of sp³-hybridized carbons (Fsp3) is 0.455. The third-order valence-electron chi connectivity index (χ3n) is 3.01. The molecule has 7 heteroatoms. The summed E-state index contributed by atoms with van der Waals surface area (Å²) in [5.41, 5.74) is 2.16. The fourth-order valence-electron chi connectivity index (χ4n) is 2.19. The molecule has 0 aromatic carbocycles. The van der Waals surface area contributed by atoms with Gasteiger partial charge >= 0.3 is 0 Å². The molecule has 1 unspecified atom stereocenters. The number of aryl methyl sites for hydroxylation is 1. The van der Waals surface area contributed by atoms with Crippen LogP contribution in [0, 0.1) is 6.92 Å². The van der Waals surface area contributed by atoms with E-state index in [0.29, 0.717) is 24.0 Å². The van der Waals surface area contributed by atoms with Crippen LogP contribution in [0.15, 0.2) is 15.4 Å². The van der Waals surface area contributed by atoms with Crippen LogP contribution in [0.2, 0.25) is 0 Å². The number of aromatic nitrogens is 3. The maximum Gasteiger partial charge on any atom is 0.273 e. The normalized spacial score (nSPS) is 19.4. The molecule has 0 radical (unpaired) electrons. The first kappa shape index (κ1) is 11.3. The zero-order chi connectivity index (χ0) is 12.5. The standard InChI is InChI=1S/C11H12N4O2S/c1-7-13-10(14-17-7)9-3-2-4-15(9)11(16)8-5-18-6-12-8/h5-6,9H,2-4H2,1H3. The Bertz CT molecular complexity index is 551. The Morgan fingerprint density at radius 3 is 3.17 bits per heavy atom. The molecule has 18 heavy (non-hydrogen) atoms. The van der Waals surface area contributed by atoms with Crippen LogP contribution >= 0.6 is 11.3 Å². The van der Waals surface area contributed by atoms with Crippen molar-refractivity contribution in [1.29, 1.82) is 0 Å². The summed E-state index contributed by atoms with van der Waals surface area (Å²) in [7, 11) is 0. The lowest BCUT2D eigenvalue weighted by Gasteiger charge is -2.20. The van der Waals surface area contributed by atoms with Gasteiger partial charge in [-0.2, -0.15) is 4.98 Å². The van der Waals surface area contributed by atoms with Crippen LogP contribution in [0.4, 0.5) is 0 Å². The molecule has 3 heterocycles. The van der Waals surface area contributed by atoms with Gasteiger partial charge in [-0.1, -0.05) is 5.16 Å². The fourth-order valence-corrected chi connectivity index (χ4v) is 2.72. The highest BCUT2D eigenvalue weighted by molar-refractivity contribution is 7.07. The monoisotopic (exact) mass is 264 g/mol. The van der Waals surface area contributed by atoms with E-state index in [9.17, 15) is 4.79 Å². The Kier molecular flexibility index (Phi) is 2.83. The van der Waals surface area contributed by atoms with E-state index in [0.717, 1.165) is 12.8 Å². The molecule has 94 valence electrons. The van der Waals surface area contributed by atoms with E-state index in [-0.39, 0.29) is 11.9 Å². The Balaban J connectivity index is 1.85. The number of rotatable bonds is 2. The van der Waals surface area contributed by atoms with Crippen LogP contribution < -0.4 is 0 Å². The Morgan fingerprint density at radius 1 is 1.61 bits per heavy atom. The lowest BCUT2D eigenvalue weighted by molar-refractivity contribution is 0.0723. The zero-order valence-electron chi connectivity index (χ0n) is 9.87. The van der Waals surface area contributed by atoms with E-state index in [4.69, 9.17) is 4.52 Å². The Hall–Kier alpha value is -1.76. The number of likely N-dealkylation sites (tertiary alicyclic amines) is 1. The van der Waals surface area contributed by atoms with E-state index in [1.807, 2.05) is 0 Å². The molecule has 0 aliphatic carbocycles. The van der Waals surface area contributed by atoms with Crippen LogP contribution in [0.5, 0.6) is 0 Å². The van der Waals surface area contributed by atoms with Crippen molar-refractivity contribution in [2.24, 2.45) is 0 Å². The molecule has 1 saturated heterocycles.